The van der Waals surface area contributed by atoms with Crippen molar-refractivity contribution < 1.29 is 19.1 Å². The highest BCUT2D eigenvalue weighted by Crippen LogP contribution is 2.39. The van der Waals surface area contributed by atoms with Crippen LogP contribution in [0.4, 0.5) is 0 Å². The summed E-state index contributed by atoms with van der Waals surface area (Å²) < 4.78 is 10.3. The molecule has 2 atom stereocenters. The van der Waals surface area contributed by atoms with E-state index in [1.165, 1.54) is 22.2 Å². The molecule has 2 aliphatic rings. The number of hydrogen-bond acceptors (Lipinski definition) is 5. The Hall–Kier alpha value is -2.60. The van der Waals surface area contributed by atoms with Crippen LogP contribution in [0.15, 0.2) is 35.9 Å². The molecule has 2 aliphatic heterocycles. The molecular formula is C22H26N2O4. The van der Waals surface area contributed by atoms with Crippen molar-refractivity contribution in [1.29, 1.82) is 0 Å². The van der Waals surface area contributed by atoms with E-state index in [-0.39, 0.29) is 19.1 Å². The van der Waals surface area contributed by atoms with Crippen LogP contribution >= 0.6 is 0 Å². The highest BCUT2D eigenvalue weighted by atomic mass is 16.6. The minimum absolute atomic E-state index is 0.263. The fourth-order valence-corrected chi connectivity index (χ4v) is 4.33. The van der Waals surface area contributed by atoms with Crippen LogP contribution in [-0.2, 0) is 25.5 Å². The Bertz CT molecular complexity index is 930. The number of carbonyl (C=O) groups excluding carboxylic acids is 2. The summed E-state index contributed by atoms with van der Waals surface area (Å²) in [6, 6.07) is 8.81. The molecular weight excluding hydrogens is 356 g/mol. The quantitative estimate of drug-likeness (QED) is 0.488. The van der Waals surface area contributed by atoms with E-state index in [0.717, 1.165) is 31.5 Å². The average molecular weight is 382 g/mol. The molecule has 6 nitrogen and oxygen atoms in total. The van der Waals surface area contributed by atoms with Gasteiger partial charge in [-0.3, -0.25) is 14.5 Å². The van der Waals surface area contributed by atoms with E-state index in [4.69, 9.17) is 9.47 Å². The standard InChI is InChI=1S/C22H26N2O4/c1-3-27-20(25)12-21(26)28-14(2)15-8-9-19-22-17(10-11-24(19)13-15)16-6-4-5-7-18(16)23-22/h4-8,14,19,23H,3,9-13H2,1-2H3/t14-,19-/m0/s1. The maximum Gasteiger partial charge on any atom is 0.317 e. The zero-order valence-electron chi connectivity index (χ0n) is 16.4. The summed E-state index contributed by atoms with van der Waals surface area (Å²) in [6.07, 6.45) is 3.40. The molecule has 28 heavy (non-hydrogen) atoms. The first-order chi connectivity index (χ1) is 13.6. The molecule has 1 aromatic heterocycles. The maximum atomic E-state index is 12.0. The number of rotatable bonds is 5. The van der Waals surface area contributed by atoms with Gasteiger partial charge in [0.2, 0.25) is 0 Å². The van der Waals surface area contributed by atoms with E-state index in [2.05, 4.69) is 40.2 Å². The Morgan fingerprint density at radius 1 is 1.29 bits per heavy atom. The molecule has 0 aliphatic carbocycles. The van der Waals surface area contributed by atoms with Crippen molar-refractivity contribution in [2.24, 2.45) is 0 Å². The van der Waals surface area contributed by atoms with Crippen molar-refractivity contribution in [3.63, 3.8) is 0 Å². The summed E-state index contributed by atoms with van der Waals surface area (Å²) in [5.41, 5.74) is 5.04. The first kappa shape index (κ1) is 18.7. The van der Waals surface area contributed by atoms with Crippen LogP contribution in [-0.4, -0.2) is 47.6 Å². The van der Waals surface area contributed by atoms with Crippen LogP contribution in [0.1, 0.15) is 44.0 Å². The number of H-pyrrole nitrogens is 1. The van der Waals surface area contributed by atoms with Gasteiger partial charge in [0.1, 0.15) is 12.5 Å². The molecule has 0 bridgehead atoms. The van der Waals surface area contributed by atoms with Gasteiger partial charge in [-0.15, -0.1) is 0 Å². The minimum Gasteiger partial charge on any atom is -0.466 e. The number of carbonyl (C=O) groups is 2. The lowest BCUT2D eigenvalue weighted by Gasteiger charge is -2.39. The summed E-state index contributed by atoms with van der Waals surface area (Å²) >= 11 is 0. The number of fused-ring (bicyclic) bond motifs is 5. The molecule has 2 aromatic rings. The SMILES string of the molecule is CCOC(=O)CC(=O)O[C@@H](C)C1=CC[C@H]2c3[nH]c4ccccc4c3CCN2C1. The second-order valence-electron chi connectivity index (χ2n) is 7.43. The molecule has 0 radical (unpaired) electrons. The molecule has 1 aromatic carbocycles. The number of aromatic nitrogens is 1. The monoisotopic (exact) mass is 382 g/mol. The van der Waals surface area contributed by atoms with Crippen molar-refractivity contribution in [3.05, 3.63) is 47.2 Å². The highest BCUT2D eigenvalue weighted by molar-refractivity contribution is 5.91. The third kappa shape index (κ3) is 3.56. The van der Waals surface area contributed by atoms with Gasteiger partial charge in [-0.2, -0.15) is 0 Å². The smallest absolute Gasteiger partial charge is 0.317 e. The first-order valence-electron chi connectivity index (χ1n) is 9.94. The number of ether oxygens (including phenoxy) is 2. The number of para-hydroxylation sites is 1. The molecule has 0 amide bonds. The zero-order chi connectivity index (χ0) is 19.7. The fraction of sp³-hybridized carbons (Fsp3) is 0.455. The number of hydrogen-bond donors (Lipinski definition) is 1. The van der Waals surface area contributed by atoms with Gasteiger partial charge in [-0.25, -0.2) is 0 Å². The summed E-state index contributed by atoms with van der Waals surface area (Å²) in [5.74, 6) is -1.08. The number of benzene rings is 1. The van der Waals surface area contributed by atoms with Gasteiger partial charge in [0.05, 0.1) is 12.6 Å². The molecule has 0 fully saturated rings. The predicted molar refractivity (Wildman–Crippen MR) is 106 cm³/mol. The molecule has 0 saturated carbocycles. The molecule has 1 N–H and O–H groups in total. The van der Waals surface area contributed by atoms with Gasteiger partial charge in [0, 0.05) is 29.7 Å². The van der Waals surface area contributed by atoms with Crippen molar-refractivity contribution in [2.45, 2.75) is 45.3 Å². The van der Waals surface area contributed by atoms with Crippen LogP contribution < -0.4 is 0 Å². The van der Waals surface area contributed by atoms with Crippen molar-refractivity contribution >= 4 is 22.8 Å². The predicted octanol–water partition coefficient (Wildman–Crippen LogP) is 3.28. The van der Waals surface area contributed by atoms with Crippen LogP contribution in [0, 0.1) is 0 Å². The van der Waals surface area contributed by atoms with Gasteiger partial charge < -0.3 is 14.5 Å². The molecule has 4 rings (SSSR count). The number of aromatic amines is 1. The molecule has 0 unspecified atom stereocenters. The van der Waals surface area contributed by atoms with Crippen molar-refractivity contribution in [1.82, 2.24) is 9.88 Å². The van der Waals surface area contributed by atoms with Gasteiger partial charge in [0.25, 0.3) is 0 Å². The average Bonchev–Trinajstić information content (AvgIpc) is 3.06. The lowest BCUT2D eigenvalue weighted by Crippen LogP contribution is -2.40. The van der Waals surface area contributed by atoms with Gasteiger partial charge in [0.15, 0.2) is 0 Å². The second-order valence-corrected chi connectivity index (χ2v) is 7.43. The minimum atomic E-state index is -0.542. The van der Waals surface area contributed by atoms with Gasteiger partial charge in [-0.1, -0.05) is 24.3 Å². The number of nitrogens with one attached hydrogen (secondary N) is 1. The van der Waals surface area contributed by atoms with E-state index in [1.807, 2.05) is 6.92 Å². The normalized spacial score (nSPS) is 20.1. The Labute approximate surface area is 164 Å². The lowest BCUT2D eigenvalue weighted by molar-refractivity contribution is -0.156. The fourth-order valence-electron chi connectivity index (χ4n) is 4.33. The van der Waals surface area contributed by atoms with E-state index in [0.29, 0.717) is 6.04 Å². The summed E-state index contributed by atoms with van der Waals surface area (Å²) in [4.78, 5) is 29.5. The Morgan fingerprint density at radius 2 is 2.11 bits per heavy atom. The first-order valence-corrected chi connectivity index (χ1v) is 9.94. The Morgan fingerprint density at radius 3 is 2.93 bits per heavy atom. The maximum absolute atomic E-state index is 12.0. The van der Waals surface area contributed by atoms with Crippen molar-refractivity contribution in [3.8, 4) is 0 Å². The molecule has 3 heterocycles. The topological polar surface area (TPSA) is 71.6 Å². The van der Waals surface area contributed by atoms with E-state index >= 15 is 0 Å². The largest absolute Gasteiger partial charge is 0.466 e. The van der Waals surface area contributed by atoms with Crippen molar-refractivity contribution in [2.75, 3.05) is 19.7 Å². The molecule has 0 spiro atoms. The Balaban J connectivity index is 1.45. The molecule has 0 saturated heterocycles. The lowest BCUT2D eigenvalue weighted by atomic mass is 9.90. The van der Waals surface area contributed by atoms with Gasteiger partial charge in [-0.05, 0) is 43.9 Å². The third-order valence-electron chi connectivity index (χ3n) is 5.68. The van der Waals surface area contributed by atoms with E-state index < -0.39 is 11.9 Å². The van der Waals surface area contributed by atoms with E-state index in [1.54, 1.807) is 6.92 Å². The zero-order valence-corrected chi connectivity index (χ0v) is 16.4. The van der Waals surface area contributed by atoms with Crippen LogP contribution in [0.5, 0.6) is 0 Å². The number of nitrogens with zero attached hydrogens (tertiary/aromatic N) is 1. The van der Waals surface area contributed by atoms with Crippen LogP contribution in [0.25, 0.3) is 10.9 Å². The Kier molecular flexibility index (Phi) is 5.22. The summed E-state index contributed by atoms with van der Waals surface area (Å²) in [5, 5.41) is 1.33. The summed E-state index contributed by atoms with van der Waals surface area (Å²) in [7, 11) is 0. The summed E-state index contributed by atoms with van der Waals surface area (Å²) in [6.45, 7) is 5.60. The third-order valence-corrected chi connectivity index (χ3v) is 5.68. The molecule has 148 valence electrons. The van der Waals surface area contributed by atoms with Crippen LogP contribution in [0.2, 0.25) is 0 Å². The second kappa shape index (κ2) is 7.80. The number of esters is 2. The van der Waals surface area contributed by atoms with Crippen LogP contribution in [0.3, 0.4) is 0 Å². The van der Waals surface area contributed by atoms with E-state index in [9.17, 15) is 9.59 Å². The molecule has 6 heteroatoms. The highest BCUT2D eigenvalue weighted by Gasteiger charge is 2.33. The van der Waals surface area contributed by atoms with Gasteiger partial charge >= 0.3 is 11.9 Å².